The lowest BCUT2D eigenvalue weighted by atomic mass is 10.1. The summed E-state index contributed by atoms with van der Waals surface area (Å²) in [6, 6.07) is 15.8. The lowest BCUT2D eigenvalue weighted by Crippen LogP contribution is -2.30. The third-order valence-corrected chi connectivity index (χ3v) is 4.46. The molecule has 0 spiro atoms. The third kappa shape index (κ3) is 6.36. The number of aliphatic hydroxyl groups is 1. The fraction of sp³-hybridized carbons (Fsp3) is 0.455. The van der Waals surface area contributed by atoms with E-state index < -0.39 is 6.10 Å². The second-order valence-corrected chi connectivity index (χ2v) is 7.07. The first-order valence-corrected chi connectivity index (χ1v) is 9.19. The molecule has 0 radical (unpaired) electrons. The highest BCUT2D eigenvalue weighted by molar-refractivity contribution is 5.38. The van der Waals surface area contributed by atoms with Crippen LogP contribution in [0.25, 0.3) is 0 Å². The topological polar surface area (TPSA) is 41.9 Å². The normalized spacial score (nSPS) is 12.4. The molecule has 26 heavy (non-hydrogen) atoms. The summed E-state index contributed by atoms with van der Waals surface area (Å²) in [6.45, 7) is 6.71. The Hall–Kier alpha value is -2.04. The van der Waals surface area contributed by atoms with Crippen molar-refractivity contribution in [2.24, 2.45) is 5.92 Å². The number of hydrogen-bond acceptors (Lipinski definition) is 4. The molecule has 0 saturated heterocycles. The van der Waals surface area contributed by atoms with E-state index in [0.29, 0.717) is 12.5 Å². The van der Waals surface area contributed by atoms with Crippen molar-refractivity contribution in [1.29, 1.82) is 0 Å². The van der Waals surface area contributed by atoms with Gasteiger partial charge in [-0.1, -0.05) is 44.2 Å². The zero-order chi connectivity index (χ0) is 18.9. The molecule has 2 rings (SSSR count). The molecule has 0 heterocycles. The fourth-order valence-electron chi connectivity index (χ4n) is 2.92. The van der Waals surface area contributed by atoms with E-state index in [-0.39, 0.29) is 0 Å². The van der Waals surface area contributed by atoms with Crippen molar-refractivity contribution < 1.29 is 14.6 Å². The van der Waals surface area contributed by atoms with Crippen molar-refractivity contribution in [2.45, 2.75) is 32.9 Å². The molecule has 0 aromatic heterocycles. The molecule has 1 atom stereocenters. The lowest BCUT2D eigenvalue weighted by molar-refractivity contribution is 0.106. The van der Waals surface area contributed by atoms with Crippen molar-refractivity contribution in [3.05, 3.63) is 59.7 Å². The molecule has 4 nitrogen and oxygen atoms in total. The smallest absolute Gasteiger partial charge is 0.122 e. The molecule has 142 valence electrons. The van der Waals surface area contributed by atoms with E-state index in [9.17, 15) is 5.11 Å². The summed E-state index contributed by atoms with van der Waals surface area (Å²) in [6.07, 6.45) is 0.582. The Bertz CT molecular complexity index is 635. The Morgan fingerprint density at radius 1 is 0.962 bits per heavy atom. The number of ether oxygens (including phenoxy) is 2. The summed E-state index contributed by atoms with van der Waals surface area (Å²) in [4.78, 5) is 2.30. The maximum atomic E-state index is 10.6. The SMILES string of the molecule is COc1cc(CN(CCC(C)C)C[C@@H](O)c2ccccc2)cc(OC)c1. The minimum Gasteiger partial charge on any atom is -0.497 e. The second-order valence-electron chi connectivity index (χ2n) is 7.07. The quantitative estimate of drug-likeness (QED) is 0.689. The molecular weight excluding hydrogens is 326 g/mol. The van der Waals surface area contributed by atoms with Crippen LogP contribution in [0.15, 0.2) is 48.5 Å². The zero-order valence-electron chi connectivity index (χ0n) is 16.3. The van der Waals surface area contributed by atoms with Crippen LogP contribution in [0.2, 0.25) is 0 Å². The molecule has 4 heteroatoms. The molecule has 0 bridgehead atoms. The average Bonchev–Trinajstić information content (AvgIpc) is 2.66. The van der Waals surface area contributed by atoms with Gasteiger partial charge in [-0.25, -0.2) is 0 Å². The monoisotopic (exact) mass is 357 g/mol. The number of rotatable bonds is 10. The van der Waals surface area contributed by atoms with Crippen molar-refractivity contribution in [3.8, 4) is 11.5 Å². The second kappa shape index (κ2) is 10.2. The van der Waals surface area contributed by atoms with Gasteiger partial charge >= 0.3 is 0 Å². The summed E-state index contributed by atoms with van der Waals surface area (Å²) in [5, 5.41) is 10.6. The van der Waals surface area contributed by atoms with Gasteiger partial charge in [0.2, 0.25) is 0 Å². The largest absolute Gasteiger partial charge is 0.497 e. The van der Waals surface area contributed by atoms with Gasteiger partial charge in [0.15, 0.2) is 0 Å². The average molecular weight is 357 g/mol. The van der Waals surface area contributed by atoms with E-state index in [1.807, 2.05) is 48.5 Å². The molecule has 0 amide bonds. The summed E-state index contributed by atoms with van der Waals surface area (Å²) in [5.41, 5.74) is 2.07. The summed E-state index contributed by atoms with van der Waals surface area (Å²) < 4.78 is 10.8. The molecule has 0 aliphatic heterocycles. The zero-order valence-corrected chi connectivity index (χ0v) is 16.3. The molecule has 0 unspecified atom stereocenters. The Balaban J connectivity index is 2.13. The number of hydrogen-bond donors (Lipinski definition) is 1. The van der Waals surface area contributed by atoms with Gasteiger partial charge in [0.05, 0.1) is 20.3 Å². The van der Waals surface area contributed by atoms with Gasteiger partial charge in [-0.05, 0) is 42.1 Å². The molecule has 0 aliphatic carbocycles. The van der Waals surface area contributed by atoms with Crippen LogP contribution in [0.5, 0.6) is 11.5 Å². The van der Waals surface area contributed by atoms with Crippen molar-refractivity contribution >= 4 is 0 Å². The van der Waals surface area contributed by atoms with E-state index in [2.05, 4.69) is 18.7 Å². The lowest BCUT2D eigenvalue weighted by Gasteiger charge is -2.26. The van der Waals surface area contributed by atoms with Crippen molar-refractivity contribution in [3.63, 3.8) is 0 Å². The van der Waals surface area contributed by atoms with Crippen LogP contribution in [0.3, 0.4) is 0 Å². The molecular formula is C22H31NO3. The maximum Gasteiger partial charge on any atom is 0.122 e. The Labute approximate surface area is 157 Å². The number of methoxy groups -OCH3 is 2. The highest BCUT2D eigenvalue weighted by atomic mass is 16.5. The van der Waals surface area contributed by atoms with E-state index in [4.69, 9.17) is 9.47 Å². The number of aliphatic hydroxyl groups excluding tert-OH is 1. The minimum absolute atomic E-state index is 0.504. The van der Waals surface area contributed by atoms with Crippen molar-refractivity contribution in [2.75, 3.05) is 27.3 Å². The van der Waals surface area contributed by atoms with Gasteiger partial charge in [-0.2, -0.15) is 0 Å². The number of nitrogens with zero attached hydrogens (tertiary/aromatic N) is 1. The van der Waals surface area contributed by atoms with E-state index in [1.165, 1.54) is 0 Å². The summed E-state index contributed by atoms with van der Waals surface area (Å²) in [7, 11) is 3.32. The highest BCUT2D eigenvalue weighted by Crippen LogP contribution is 2.24. The van der Waals surface area contributed by atoms with E-state index in [0.717, 1.165) is 42.1 Å². The van der Waals surface area contributed by atoms with Crippen LogP contribution < -0.4 is 9.47 Å². The first-order valence-electron chi connectivity index (χ1n) is 9.19. The molecule has 0 fully saturated rings. The maximum absolute atomic E-state index is 10.6. The minimum atomic E-state index is -0.504. The van der Waals surface area contributed by atoms with E-state index in [1.54, 1.807) is 14.2 Å². The van der Waals surface area contributed by atoms with Crippen LogP contribution in [0.4, 0.5) is 0 Å². The predicted molar refractivity (Wildman–Crippen MR) is 106 cm³/mol. The first-order chi connectivity index (χ1) is 12.5. The van der Waals surface area contributed by atoms with Crippen LogP contribution in [-0.2, 0) is 6.54 Å². The van der Waals surface area contributed by atoms with Crippen LogP contribution in [0.1, 0.15) is 37.5 Å². The van der Waals surface area contributed by atoms with Gasteiger partial charge < -0.3 is 14.6 Å². The first kappa shape index (κ1) is 20.3. The van der Waals surface area contributed by atoms with Gasteiger partial charge in [0, 0.05) is 19.2 Å². The Kier molecular flexibility index (Phi) is 7.95. The standard InChI is InChI=1S/C22H31NO3/c1-17(2)10-11-23(16-22(24)19-8-6-5-7-9-19)15-18-12-20(25-3)14-21(13-18)26-4/h5-9,12-14,17,22,24H,10-11,15-16H2,1-4H3/t22-/m1/s1. The molecule has 0 saturated carbocycles. The van der Waals surface area contributed by atoms with Gasteiger partial charge in [0.1, 0.15) is 11.5 Å². The molecule has 2 aromatic carbocycles. The predicted octanol–water partition coefficient (Wildman–Crippen LogP) is 4.29. The summed E-state index contributed by atoms with van der Waals surface area (Å²) >= 11 is 0. The molecule has 1 N–H and O–H groups in total. The van der Waals surface area contributed by atoms with Gasteiger partial charge in [-0.3, -0.25) is 4.90 Å². The van der Waals surface area contributed by atoms with Crippen LogP contribution in [-0.4, -0.2) is 37.3 Å². The molecule has 2 aromatic rings. The fourth-order valence-corrected chi connectivity index (χ4v) is 2.92. The Morgan fingerprint density at radius 3 is 2.12 bits per heavy atom. The van der Waals surface area contributed by atoms with Crippen LogP contribution in [0, 0.1) is 5.92 Å². The number of benzene rings is 2. The third-order valence-electron chi connectivity index (χ3n) is 4.46. The van der Waals surface area contributed by atoms with Crippen LogP contribution >= 0.6 is 0 Å². The van der Waals surface area contributed by atoms with E-state index >= 15 is 0 Å². The molecule has 0 aliphatic rings. The highest BCUT2D eigenvalue weighted by Gasteiger charge is 2.15. The summed E-state index contributed by atoms with van der Waals surface area (Å²) in [5.74, 6) is 2.18. The van der Waals surface area contributed by atoms with Crippen molar-refractivity contribution in [1.82, 2.24) is 4.90 Å². The van der Waals surface area contributed by atoms with Gasteiger partial charge in [0.25, 0.3) is 0 Å². The van der Waals surface area contributed by atoms with Gasteiger partial charge in [-0.15, -0.1) is 0 Å². The Morgan fingerprint density at radius 2 is 1.58 bits per heavy atom.